The van der Waals surface area contributed by atoms with Crippen molar-refractivity contribution in [3.63, 3.8) is 0 Å². The summed E-state index contributed by atoms with van der Waals surface area (Å²) in [5.74, 6) is 1.10. The maximum absolute atomic E-state index is 13.5. The summed E-state index contributed by atoms with van der Waals surface area (Å²) in [6.07, 6.45) is 7.94. The number of aromatic nitrogens is 1. The van der Waals surface area contributed by atoms with Crippen LogP contribution in [0.15, 0.2) is 54.8 Å². The van der Waals surface area contributed by atoms with Crippen molar-refractivity contribution in [1.29, 1.82) is 0 Å². The van der Waals surface area contributed by atoms with Crippen molar-refractivity contribution in [3.8, 4) is 5.75 Å². The summed E-state index contributed by atoms with van der Waals surface area (Å²) < 4.78 is 19.9. The van der Waals surface area contributed by atoms with E-state index in [1.807, 2.05) is 16.4 Å². The van der Waals surface area contributed by atoms with Gasteiger partial charge in [0.05, 0.1) is 12.8 Å². The summed E-state index contributed by atoms with van der Waals surface area (Å²) in [7, 11) is -1.54. The Bertz CT molecular complexity index is 853. The third kappa shape index (κ3) is 4.91. The Morgan fingerprint density at radius 3 is 2.35 bits per heavy atom. The third-order valence-electron chi connectivity index (χ3n) is 5.93. The number of hydrogen-bond donors (Lipinski definition) is 1. The van der Waals surface area contributed by atoms with E-state index in [1.54, 1.807) is 18.3 Å². The van der Waals surface area contributed by atoms with Crippen LogP contribution in [0.5, 0.6) is 5.75 Å². The molecule has 1 aromatic heterocycles. The number of ether oxygens (including phenoxy) is 1. The van der Waals surface area contributed by atoms with Gasteiger partial charge in [0.2, 0.25) is 5.91 Å². The minimum atomic E-state index is -1.54. The Balaban J connectivity index is 1.62. The van der Waals surface area contributed by atoms with E-state index in [4.69, 9.17) is 10.5 Å². The SMILES string of the molecule is C=CC1=C(C=C)CC(C(N)=O)(S(=O)N2CCN(c3ccc(OCCCC)cn3)CC2)C1. The molecule has 0 saturated carbocycles. The van der Waals surface area contributed by atoms with Crippen molar-refractivity contribution in [2.75, 3.05) is 37.7 Å². The number of hydrogen-bond acceptors (Lipinski definition) is 5. The zero-order valence-corrected chi connectivity index (χ0v) is 19.0. The molecule has 168 valence electrons. The Labute approximate surface area is 187 Å². The maximum atomic E-state index is 13.5. The van der Waals surface area contributed by atoms with Crippen molar-refractivity contribution >= 4 is 22.7 Å². The van der Waals surface area contributed by atoms with Gasteiger partial charge in [0.15, 0.2) is 0 Å². The van der Waals surface area contributed by atoms with E-state index in [1.165, 1.54) is 0 Å². The third-order valence-corrected chi connectivity index (χ3v) is 7.92. The predicted octanol–water partition coefficient (Wildman–Crippen LogP) is 2.73. The van der Waals surface area contributed by atoms with E-state index < -0.39 is 21.6 Å². The van der Waals surface area contributed by atoms with Crippen LogP contribution in [0.4, 0.5) is 5.82 Å². The molecule has 1 saturated heterocycles. The number of carbonyl (C=O) groups is 1. The fourth-order valence-electron chi connectivity index (χ4n) is 4.00. The first kappa shape index (κ1) is 23.2. The molecule has 1 amide bonds. The van der Waals surface area contributed by atoms with Gasteiger partial charge in [-0.1, -0.05) is 38.7 Å². The molecule has 1 fully saturated rings. The average molecular weight is 445 g/mol. The minimum absolute atomic E-state index is 0.334. The second kappa shape index (κ2) is 10.2. The zero-order chi connectivity index (χ0) is 22.4. The first-order chi connectivity index (χ1) is 14.9. The lowest BCUT2D eigenvalue weighted by Crippen LogP contribution is -2.56. The topological polar surface area (TPSA) is 88.8 Å². The number of nitrogens with two attached hydrogens (primary N) is 1. The monoisotopic (exact) mass is 444 g/mol. The Morgan fingerprint density at radius 2 is 1.87 bits per heavy atom. The lowest BCUT2D eigenvalue weighted by atomic mass is 10.0. The maximum Gasteiger partial charge on any atom is 0.238 e. The lowest BCUT2D eigenvalue weighted by Gasteiger charge is -2.38. The number of nitrogens with zero attached hydrogens (tertiary/aromatic N) is 3. The zero-order valence-electron chi connectivity index (χ0n) is 18.2. The molecule has 2 heterocycles. The number of carbonyl (C=O) groups excluding carboxylic acids is 1. The molecule has 1 atom stereocenters. The van der Waals surface area contributed by atoms with E-state index in [0.29, 0.717) is 45.6 Å². The second-order valence-electron chi connectivity index (χ2n) is 7.89. The highest BCUT2D eigenvalue weighted by Gasteiger charge is 2.50. The summed E-state index contributed by atoms with van der Waals surface area (Å²) in [6.45, 7) is 12.9. The highest BCUT2D eigenvalue weighted by molar-refractivity contribution is 7.85. The van der Waals surface area contributed by atoms with E-state index in [2.05, 4.69) is 30.0 Å². The molecule has 0 radical (unpaired) electrons. The van der Waals surface area contributed by atoms with Crippen LogP contribution in [0.3, 0.4) is 0 Å². The molecule has 2 N–H and O–H groups in total. The van der Waals surface area contributed by atoms with Gasteiger partial charge in [-0.05, 0) is 29.7 Å². The largest absolute Gasteiger partial charge is 0.492 e. The van der Waals surface area contributed by atoms with Gasteiger partial charge in [-0.25, -0.2) is 13.5 Å². The van der Waals surface area contributed by atoms with Crippen LogP contribution in [0.1, 0.15) is 32.6 Å². The molecule has 2 aliphatic rings. The van der Waals surface area contributed by atoms with E-state index >= 15 is 0 Å². The Morgan fingerprint density at radius 1 is 1.23 bits per heavy atom. The van der Waals surface area contributed by atoms with Crippen LogP contribution in [0.2, 0.25) is 0 Å². The fourth-order valence-corrected chi connectivity index (χ4v) is 5.72. The number of primary amides is 1. The molecule has 0 bridgehead atoms. The van der Waals surface area contributed by atoms with Gasteiger partial charge in [0.1, 0.15) is 27.3 Å². The first-order valence-electron chi connectivity index (χ1n) is 10.7. The molecule has 7 nitrogen and oxygen atoms in total. The van der Waals surface area contributed by atoms with Gasteiger partial charge in [-0.2, -0.15) is 0 Å². The predicted molar refractivity (Wildman–Crippen MR) is 125 cm³/mol. The quantitative estimate of drug-likeness (QED) is 0.561. The van der Waals surface area contributed by atoms with Crippen LogP contribution in [-0.4, -0.2) is 56.9 Å². The van der Waals surface area contributed by atoms with Gasteiger partial charge >= 0.3 is 0 Å². The summed E-state index contributed by atoms with van der Waals surface area (Å²) in [5.41, 5.74) is 7.55. The number of piperazine rings is 1. The molecular formula is C23H32N4O3S. The molecule has 31 heavy (non-hydrogen) atoms. The smallest absolute Gasteiger partial charge is 0.238 e. The highest BCUT2D eigenvalue weighted by atomic mass is 32.2. The molecule has 1 aliphatic carbocycles. The Kier molecular flexibility index (Phi) is 7.67. The van der Waals surface area contributed by atoms with Gasteiger partial charge in [0, 0.05) is 39.0 Å². The molecule has 0 spiro atoms. The van der Waals surface area contributed by atoms with E-state index in [-0.39, 0.29) is 0 Å². The van der Waals surface area contributed by atoms with Crippen LogP contribution < -0.4 is 15.4 Å². The molecule has 0 aromatic carbocycles. The number of pyridine rings is 1. The molecule has 3 rings (SSSR count). The van der Waals surface area contributed by atoms with Gasteiger partial charge in [-0.15, -0.1) is 0 Å². The van der Waals surface area contributed by atoms with Crippen LogP contribution >= 0.6 is 0 Å². The van der Waals surface area contributed by atoms with Gasteiger partial charge in [-0.3, -0.25) is 4.79 Å². The van der Waals surface area contributed by atoms with Crippen molar-refractivity contribution in [1.82, 2.24) is 9.29 Å². The summed E-state index contributed by atoms with van der Waals surface area (Å²) in [5, 5.41) is 0. The molecule has 1 aromatic rings. The highest BCUT2D eigenvalue weighted by Crippen LogP contribution is 2.41. The van der Waals surface area contributed by atoms with E-state index in [0.717, 1.165) is 35.6 Å². The van der Waals surface area contributed by atoms with Crippen LogP contribution in [-0.2, 0) is 15.8 Å². The Hall–Kier alpha value is -2.45. The van der Waals surface area contributed by atoms with Crippen molar-refractivity contribution < 1.29 is 13.7 Å². The number of rotatable bonds is 10. The minimum Gasteiger partial charge on any atom is -0.492 e. The normalized spacial score (nSPS) is 19.8. The average Bonchev–Trinajstić information content (AvgIpc) is 3.20. The molecule has 1 unspecified atom stereocenters. The van der Waals surface area contributed by atoms with E-state index in [9.17, 15) is 9.00 Å². The fraction of sp³-hybridized carbons (Fsp3) is 0.478. The number of allylic oxidation sites excluding steroid dienone is 4. The van der Waals surface area contributed by atoms with Crippen LogP contribution in [0, 0.1) is 0 Å². The standard InChI is InChI=1S/C23H32N4O3S/c1-4-7-14-30-20-8-9-21(25-17-20)26-10-12-27(13-11-26)31(29)23(22(24)28)15-18(5-2)19(6-3)16-23/h5-6,8-9,17H,2-4,7,10-16H2,1H3,(H2,24,28). The van der Waals surface area contributed by atoms with Gasteiger partial charge in [0.25, 0.3) is 0 Å². The van der Waals surface area contributed by atoms with Gasteiger partial charge < -0.3 is 15.4 Å². The second-order valence-corrected chi connectivity index (χ2v) is 9.69. The number of anilines is 1. The summed E-state index contributed by atoms with van der Waals surface area (Å²) in [4.78, 5) is 19.1. The molecule has 8 heteroatoms. The first-order valence-corrected chi connectivity index (χ1v) is 11.8. The molecule has 1 aliphatic heterocycles. The van der Waals surface area contributed by atoms with Crippen LogP contribution in [0.25, 0.3) is 0 Å². The number of amides is 1. The van der Waals surface area contributed by atoms with Crippen molar-refractivity contribution in [2.24, 2.45) is 5.73 Å². The lowest BCUT2D eigenvalue weighted by molar-refractivity contribution is -0.120. The summed E-state index contributed by atoms with van der Waals surface area (Å²) >= 11 is 0. The molecular weight excluding hydrogens is 412 g/mol. The van der Waals surface area contributed by atoms with Crippen molar-refractivity contribution in [3.05, 3.63) is 54.8 Å². The van der Waals surface area contributed by atoms with Crippen molar-refractivity contribution in [2.45, 2.75) is 37.4 Å². The summed E-state index contributed by atoms with van der Waals surface area (Å²) in [6, 6.07) is 3.88. The number of unbranched alkanes of at least 4 members (excludes halogenated alkanes) is 1.